The first-order valence-corrected chi connectivity index (χ1v) is 10.9. The Bertz CT molecular complexity index is 961. The summed E-state index contributed by atoms with van der Waals surface area (Å²) >= 11 is 0. The molecule has 29 heavy (non-hydrogen) atoms. The second-order valence-electron chi connectivity index (χ2n) is 7.49. The number of methoxy groups -OCH3 is 1. The van der Waals surface area contributed by atoms with Gasteiger partial charge >= 0.3 is 0 Å². The summed E-state index contributed by atoms with van der Waals surface area (Å²) in [4.78, 5) is 13.0. The van der Waals surface area contributed by atoms with Gasteiger partial charge in [0, 0.05) is 19.6 Å². The number of nitrogens with zero attached hydrogens (tertiary/aromatic N) is 1. The van der Waals surface area contributed by atoms with Gasteiger partial charge in [-0.3, -0.25) is 4.79 Å². The van der Waals surface area contributed by atoms with Gasteiger partial charge in [0.1, 0.15) is 11.6 Å². The van der Waals surface area contributed by atoms with E-state index in [2.05, 4.69) is 5.32 Å². The Labute approximate surface area is 170 Å². The SMILES string of the molecule is COc1ccc(S(=O)(=O)N2CCCC(C)(C(=O)NCc3ccc(F)cc3)C2)cc1. The molecule has 0 aliphatic carbocycles. The molecule has 1 unspecified atom stereocenters. The zero-order valence-electron chi connectivity index (χ0n) is 16.5. The predicted molar refractivity (Wildman–Crippen MR) is 107 cm³/mol. The Morgan fingerprint density at radius 1 is 1.17 bits per heavy atom. The van der Waals surface area contributed by atoms with Crippen LogP contribution in [0, 0.1) is 11.2 Å². The normalized spacial score (nSPS) is 20.2. The quantitative estimate of drug-likeness (QED) is 0.780. The summed E-state index contributed by atoms with van der Waals surface area (Å²) in [6, 6.07) is 12.1. The topological polar surface area (TPSA) is 75.7 Å². The molecule has 0 spiro atoms. The first-order valence-electron chi connectivity index (χ1n) is 9.41. The molecule has 1 aliphatic heterocycles. The average Bonchev–Trinajstić information content (AvgIpc) is 2.73. The van der Waals surface area contributed by atoms with E-state index in [-0.39, 0.29) is 29.7 Å². The number of hydrogen-bond acceptors (Lipinski definition) is 4. The summed E-state index contributed by atoms with van der Waals surface area (Å²) in [5, 5.41) is 2.86. The van der Waals surface area contributed by atoms with Crippen LogP contribution in [0.2, 0.25) is 0 Å². The summed E-state index contributed by atoms with van der Waals surface area (Å²) in [5.41, 5.74) is -0.0560. The van der Waals surface area contributed by atoms with E-state index in [1.54, 1.807) is 31.2 Å². The van der Waals surface area contributed by atoms with E-state index in [1.165, 1.54) is 35.7 Å². The Morgan fingerprint density at radius 3 is 2.45 bits per heavy atom. The van der Waals surface area contributed by atoms with Gasteiger partial charge in [-0.05, 0) is 61.7 Å². The Morgan fingerprint density at radius 2 is 1.83 bits per heavy atom. The number of carbonyl (C=O) groups excluding carboxylic acids is 1. The van der Waals surface area contributed by atoms with Crippen LogP contribution in [0.3, 0.4) is 0 Å². The van der Waals surface area contributed by atoms with Crippen molar-refractivity contribution in [1.82, 2.24) is 9.62 Å². The van der Waals surface area contributed by atoms with Crippen LogP contribution in [0.25, 0.3) is 0 Å². The Kier molecular flexibility index (Phi) is 6.24. The second kappa shape index (κ2) is 8.51. The highest BCUT2D eigenvalue weighted by atomic mass is 32.2. The van der Waals surface area contributed by atoms with Gasteiger partial charge in [-0.15, -0.1) is 0 Å². The highest BCUT2D eigenvalue weighted by Gasteiger charge is 2.41. The van der Waals surface area contributed by atoms with Crippen molar-refractivity contribution < 1.29 is 22.3 Å². The fourth-order valence-corrected chi connectivity index (χ4v) is 5.08. The van der Waals surface area contributed by atoms with Crippen molar-refractivity contribution in [3.8, 4) is 5.75 Å². The maximum atomic E-state index is 13.0. The molecule has 2 aromatic rings. The van der Waals surface area contributed by atoms with Crippen LogP contribution in [0.5, 0.6) is 5.75 Å². The minimum absolute atomic E-state index is 0.108. The number of piperidine rings is 1. The summed E-state index contributed by atoms with van der Waals surface area (Å²) in [5.74, 6) is 0.0303. The molecule has 1 fully saturated rings. The molecular weight excluding hydrogens is 395 g/mol. The van der Waals surface area contributed by atoms with Crippen molar-refractivity contribution >= 4 is 15.9 Å². The number of benzene rings is 2. The molecule has 8 heteroatoms. The number of halogens is 1. The fourth-order valence-electron chi connectivity index (χ4n) is 3.48. The molecule has 3 rings (SSSR count). The van der Waals surface area contributed by atoms with Crippen molar-refractivity contribution in [1.29, 1.82) is 0 Å². The van der Waals surface area contributed by atoms with Gasteiger partial charge in [0.2, 0.25) is 15.9 Å². The molecule has 156 valence electrons. The van der Waals surface area contributed by atoms with E-state index in [4.69, 9.17) is 4.74 Å². The monoisotopic (exact) mass is 420 g/mol. The first-order chi connectivity index (χ1) is 13.7. The van der Waals surface area contributed by atoms with Crippen molar-refractivity contribution in [2.75, 3.05) is 20.2 Å². The lowest BCUT2D eigenvalue weighted by Gasteiger charge is -2.38. The van der Waals surface area contributed by atoms with Crippen LogP contribution >= 0.6 is 0 Å². The van der Waals surface area contributed by atoms with Crippen LogP contribution in [0.15, 0.2) is 53.4 Å². The standard InChI is InChI=1S/C21H25FN2O4S/c1-21(20(25)23-14-16-4-6-17(22)7-5-16)12-3-13-24(15-21)29(26,27)19-10-8-18(28-2)9-11-19/h4-11H,3,12-15H2,1-2H3,(H,23,25). The summed E-state index contributed by atoms with van der Waals surface area (Å²) in [6.07, 6.45) is 1.19. The van der Waals surface area contributed by atoms with Gasteiger partial charge < -0.3 is 10.1 Å². The van der Waals surface area contributed by atoms with Crippen LogP contribution in [-0.4, -0.2) is 38.8 Å². The second-order valence-corrected chi connectivity index (χ2v) is 9.43. The van der Waals surface area contributed by atoms with E-state index in [9.17, 15) is 17.6 Å². The fraction of sp³-hybridized carbons (Fsp3) is 0.381. The largest absolute Gasteiger partial charge is 0.497 e. The van der Waals surface area contributed by atoms with Gasteiger partial charge in [0.05, 0.1) is 17.4 Å². The van der Waals surface area contributed by atoms with Gasteiger partial charge in [-0.1, -0.05) is 12.1 Å². The Balaban J connectivity index is 1.70. The lowest BCUT2D eigenvalue weighted by atomic mass is 9.82. The van der Waals surface area contributed by atoms with E-state index in [0.717, 1.165) is 5.56 Å². The molecule has 6 nitrogen and oxygen atoms in total. The van der Waals surface area contributed by atoms with Gasteiger partial charge in [0.15, 0.2) is 0 Å². The third kappa shape index (κ3) is 4.76. The van der Waals surface area contributed by atoms with Crippen LogP contribution in [-0.2, 0) is 21.4 Å². The molecule has 1 atom stereocenters. The molecule has 1 saturated heterocycles. The van der Waals surface area contributed by atoms with Gasteiger partial charge in [-0.2, -0.15) is 4.31 Å². The molecule has 0 saturated carbocycles. The van der Waals surface area contributed by atoms with Crippen LogP contribution in [0.4, 0.5) is 4.39 Å². The van der Waals surface area contributed by atoms with Crippen LogP contribution in [0.1, 0.15) is 25.3 Å². The zero-order valence-corrected chi connectivity index (χ0v) is 17.3. The van der Waals surface area contributed by atoms with E-state index in [1.807, 2.05) is 0 Å². The van der Waals surface area contributed by atoms with Gasteiger partial charge in [-0.25, -0.2) is 12.8 Å². The summed E-state index contributed by atoms with van der Waals surface area (Å²) < 4.78 is 45.5. The number of sulfonamides is 1. The number of rotatable bonds is 6. The maximum Gasteiger partial charge on any atom is 0.243 e. The molecule has 1 amide bonds. The maximum absolute atomic E-state index is 13.0. The number of ether oxygens (including phenoxy) is 1. The summed E-state index contributed by atoms with van der Waals surface area (Å²) in [6.45, 7) is 2.52. The van der Waals surface area contributed by atoms with Gasteiger partial charge in [0.25, 0.3) is 0 Å². The van der Waals surface area contributed by atoms with Crippen molar-refractivity contribution in [2.45, 2.75) is 31.2 Å². The van der Waals surface area contributed by atoms with E-state index in [0.29, 0.717) is 25.1 Å². The zero-order chi connectivity index (χ0) is 21.1. The molecule has 0 radical (unpaired) electrons. The summed E-state index contributed by atoms with van der Waals surface area (Å²) in [7, 11) is -2.19. The smallest absolute Gasteiger partial charge is 0.243 e. The predicted octanol–water partition coefficient (Wildman–Crippen LogP) is 2.94. The number of amides is 1. The molecule has 1 aliphatic rings. The highest BCUT2D eigenvalue weighted by molar-refractivity contribution is 7.89. The third-order valence-electron chi connectivity index (χ3n) is 5.27. The van der Waals surface area contributed by atoms with E-state index >= 15 is 0 Å². The minimum atomic E-state index is -3.71. The van der Waals surface area contributed by atoms with E-state index < -0.39 is 15.4 Å². The average molecular weight is 421 g/mol. The molecule has 1 N–H and O–H groups in total. The third-order valence-corrected chi connectivity index (χ3v) is 7.13. The first kappa shape index (κ1) is 21.3. The molecule has 1 heterocycles. The highest BCUT2D eigenvalue weighted by Crippen LogP contribution is 2.33. The molecular formula is C21H25FN2O4S. The van der Waals surface area contributed by atoms with Crippen molar-refractivity contribution in [2.24, 2.45) is 5.41 Å². The van der Waals surface area contributed by atoms with Crippen LogP contribution < -0.4 is 10.1 Å². The minimum Gasteiger partial charge on any atom is -0.497 e. The molecule has 0 bridgehead atoms. The number of hydrogen-bond donors (Lipinski definition) is 1. The van der Waals surface area contributed by atoms with Crippen molar-refractivity contribution in [3.05, 3.63) is 59.9 Å². The lowest BCUT2D eigenvalue weighted by molar-refractivity contribution is -0.132. The lowest BCUT2D eigenvalue weighted by Crippen LogP contribution is -2.51. The van der Waals surface area contributed by atoms with Crippen molar-refractivity contribution in [3.63, 3.8) is 0 Å². The number of nitrogens with one attached hydrogen (secondary N) is 1. The molecule has 0 aromatic heterocycles. The molecule has 2 aromatic carbocycles. The number of carbonyl (C=O) groups is 1. The Hall–Kier alpha value is -2.45.